The molecule has 1 aromatic carbocycles. The van der Waals surface area contributed by atoms with Gasteiger partial charge in [0.1, 0.15) is 5.75 Å². The van der Waals surface area contributed by atoms with Gasteiger partial charge in [-0.15, -0.1) is 0 Å². The Morgan fingerprint density at radius 2 is 2.28 bits per heavy atom. The Morgan fingerprint density at radius 1 is 1.44 bits per heavy atom. The highest BCUT2D eigenvalue weighted by Gasteiger charge is 2.02. The third-order valence-corrected chi connectivity index (χ3v) is 2.52. The summed E-state index contributed by atoms with van der Waals surface area (Å²) in [4.78, 5) is 11.8. The number of hydrogen-bond donors (Lipinski definition) is 1. The van der Waals surface area contributed by atoms with E-state index >= 15 is 0 Å². The van der Waals surface area contributed by atoms with Gasteiger partial charge >= 0.3 is 0 Å². The van der Waals surface area contributed by atoms with E-state index in [1.165, 1.54) is 18.2 Å². The predicted octanol–water partition coefficient (Wildman–Crippen LogP) is 2.50. The molecule has 18 heavy (non-hydrogen) atoms. The first-order valence-corrected chi connectivity index (χ1v) is 5.74. The second-order valence-corrected chi connectivity index (χ2v) is 3.84. The Morgan fingerprint density at radius 3 is 2.94 bits per heavy atom. The van der Waals surface area contributed by atoms with Crippen LogP contribution in [0.2, 0.25) is 0 Å². The summed E-state index contributed by atoms with van der Waals surface area (Å²) in [7, 11) is 0. The summed E-state index contributed by atoms with van der Waals surface area (Å²) >= 11 is 0. The van der Waals surface area contributed by atoms with E-state index in [0.717, 1.165) is 12.2 Å². The van der Waals surface area contributed by atoms with Crippen LogP contribution in [0.15, 0.2) is 42.6 Å². The first-order chi connectivity index (χ1) is 8.69. The van der Waals surface area contributed by atoms with E-state index in [0.29, 0.717) is 5.56 Å². The number of aryl methyl sites for hydroxylation is 1. The number of hydrogen-bond acceptors (Lipinski definition) is 3. The molecule has 2 aromatic rings. The molecule has 0 unspecified atom stereocenters. The van der Waals surface area contributed by atoms with Crippen LogP contribution in [-0.4, -0.2) is 20.7 Å². The average Bonchev–Trinajstić information content (AvgIpc) is 2.84. The molecule has 0 saturated heterocycles. The van der Waals surface area contributed by atoms with Crippen molar-refractivity contribution in [2.45, 2.75) is 13.5 Å². The van der Waals surface area contributed by atoms with Crippen molar-refractivity contribution >= 4 is 11.9 Å². The number of benzene rings is 1. The molecule has 0 aliphatic rings. The summed E-state index contributed by atoms with van der Waals surface area (Å²) in [5, 5.41) is 13.5. The molecule has 0 saturated carbocycles. The number of carbonyl (C=O) groups is 1. The van der Waals surface area contributed by atoms with Gasteiger partial charge in [-0.3, -0.25) is 9.48 Å². The summed E-state index contributed by atoms with van der Waals surface area (Å²) in [6.07, 6.45) is 4.98. The molecule has 0 spiro atoms. The third-order valence-electron chi connectivity index (χ3n) is 2.52. The normalized spacial score (nSPS) is 10.9. The van der Waals surface area contributed by atoms with Crippen molar-refractivity contribution in [1.29, 1.82) is 0 Å². The van der Waals surface area contributed by atoms with Gasteiger partial charge in [0.15, 0.2) is 5.78 Å². The van der Waals surface area contributed by atoms with Crippen molar-refractivity contribution in [3.05, 3.63) is 53.9 Å². The lowest BCUT2D eigenvalue weighted by Gasteiger charge is -1.96. The molecule has 1 heterocycles. The molecule has 1 aromatic heterocycles. The van der Waals surface area contributed by atoms with Crippen LogP contribution >= 0.6 is 0 Å². The minimum absolute atomic E-state index is 0.0875. The highest BCUT2D eigenvalue weighted by atomic mass is 16.3. The maximum atomic E-state index is 11.8. The van der Waals surface area contributed by atoms with Gasteiger partial charge in [-0.1, -0.05) is 12.1 Å². The van der Waals surface area contributed by atoms with Crippen molar-refractivity contribution in [1.82, 2.24) is 9.78 Å². The SMILES string of the molecule is CCn1ccc(/C=C/C(=O)c2cccc(O)c2)n1. The fourth-order valence-corrected chi connectivity index (χ4v) is 1.56. The first kappa shape index (κ1) is 12.1. The van der Waals surface area contributed by atoms with E-state index < -0.39 is 0 Å². The molecule has 0 bridgehead atoms. The predicted molar refractivity (Wildman–Crippen MR) is 69.4 cm³/mol. The molecule has 4 heteroatoms. The van der Waals surface area contributed by atoms with Crippen LogP contribution in [0.4, 0.5) is 0 Å². The Kier molecular flexibility index (Phi) is 3.57. The minimum Gasteiger partial charge on any atom is -0.508 e. The van der Waals surface area contributed by atoms with Gasteiger partial charge in [0, 0.05) is 18.3 Å². The topological polar surface area (TPSA) is 55.1 Å². The zero-order valence-corrected chi connectivity index (χ0v) is 10.1. The summed E-state index contributed by atoms with van der Waals surface area (Å²) in [5.41, 5.74) is 1.20. The molecule has 0 amide bonds. The van der Waals surface area contributed by atoms with Gasteiger partial charge in [-0.25, -0.2) is 0 Å². The van der Waals surface area contributed by atoms with Crippen LogP contribution in [0.25, 0.3) is 6.08 Å². The number of nitrogens with zero attached hydrogens (tertiary/aromatic N) is 2. The van der Waals surface area contributed by atoms with E-state index in [1.807, 2.05) is 19.2 Å². The van der Waals surface area contributed by atoms with Crippen molar-refractivity contribution in [3.8, 4) is 5.75 Å². The van der Waals surface area contributed by atoms with Crippen molar-refractivity contribution in [2.24, 2.45) is 0 Å². The van der Waals surface area contributed by atoms with Crippen LogP contribution in [0, 0.1) is 0 Å². The Balaban J connectivity index is 2.11. The van der Waals surface area contributed by atoms with Gasteiger partial charge < -0.3 is 5.11 Å². The summed E-state index contributed by atoms with van der Waals surface area (Å²) in [6, 6.07) is 8.12. The maximum Gasteiger partial charge on any atom is 0.186 e. The van der Waals surface area contributed by atoms with Crippen molar-refractivity contribution in [3.63, 3.8) is 0 Å². The standard InChI is InChI=1S/C14H14N2O2/c1-2-16-9-8-12(15-16)6-7-14(18)11-4-3-5-13(17)10-11/h3-10,17H,2H2,1H3/b7-6+. The summed E-state index contributed by atoms with van der Waals surface area (Å²) in [5.74, 6) is -0.0681. The molecular weight excluding hydrogens is 228 g/mol. The van der Waals surface area contributed by atoms with E-state index in [-0.39, 0.29) is 11.5 Å². The molecule has 4 nitrogen and oxygen atoms in total. The van der Waals surface area contributed by atoms with Gasteiger partial charge in [0.05, 0.1) is 5.69 Å². The lowest BCUT2D eigenvalue weighted by atomic mass is 10.1. The van der Waals surface area contributed by atoms with Crippen molar-refractivity contribution < 1.29 is 9.90 Å². The molecule has 2 rings (SSSR count). The first-order valence-electron chi connectivity index (χ1n) is 5.74. The zero-order chi connectivity index (χ0) is 13.0. The molecule has 0 aliphatic heterocycles. The molecule has 0 atom stereocenters. The Hall–Kier alpha value is -2.36. The Labute approximate surface area is 105 Å². The molecular formula is C14H14N2O2. The number of rotatable bonds is 4. The van der Waals surface area contributed by atoms with Gasteiger partial charge in [-0.05, 0) is 37.3 Å². The third kappa shape index (κ3) is 2.85. The number of aromatic nitrogens is 2. The zero-order valence-electron chi connectivity index (χ0n) is 10.1. The Bertz CT molecular complexity index is 585. The van der Waals surface area contributed by atoms with E-state index in [9.17, 15) is 9.90 Å². The highest BCUT2D eigenvalue weighted by Crippen LogP contribution is 2.12. The van der Waals surface area contributed by atoms with Gasteiger partial charge in [-0.2, -0.15) is 5.10 Å². The lowest BCUT2D eigenvalue weighted by molar-refractivity contribution is 0.104. The van der Waals surface area contributed by atoms with Crippen LogP contribution in [0.3, 0.4) is 0 Å². The quantitative estimate of drug-likeness (QED) is 0.662. The number of aromatic hydroxyl groups is 1. The molecule has 0 aliphatic carbocycles. The van der Waals surface area contributed by atoms with E-state index in [1.54, 1.807) is 22.9 Å². The number of phenolic OH excluding ortho intramolecular Hbond substituents is 1. The van der Waals surface area contributed by atoms with Crippen molar-refractivity contribution in [2.75, 3.05) is 0 Å². The van der Waals surface area contributed by atoms with E-state index in [4.69, 9.17) is 0 Å². The number of phenols is 1. The average molecular weight is 242 g/mol. The second-order valence-electron chi connectivity index (χ2n) is 3.84. The number of carbonyl (C=O) groups excluding carboxylic acids is 1. The minimum atomic E-state index is -0.156. The summed E-state index contributed by atoms with van der Waals surface area (Å²) in [6.45, 7) is 2.80. The molecule has 1 N–H and O–H groups in total. The number of ketones is 1. The monoisotopic (exact) mass is 242 g/mol. The van der Waals surface area contributed by atoms with Crippen LogP contribution in [0.1, 0.15) is 23.0 Å². The number of allylic oxidation sites excluding steroid dienone is 1. The largest absolute Gasteiger partial charge is 0.508 e. The molecule has 0 fully saturated rings. The van der Waals surface area contributed by atoms with Crippen LogP contribution < -0.4 is 0 Å². The van der Waals surface area contributed by atoms with Gasteiger partial charge in [0.25, 0.3) is 0 Å². The van der Waals surface area contributed by atoms with Crippen LogP contribution in [-0.2, 0) is 6.54 Å². The smallest absolute Gasteiger partial charge is 0.186 e. The summed E-state index contributed by atoms with van der Waals surface area (Å²) < 4.78 is 1.79. The fraction of sp³-hybridized carbons (Fsp3) is 0.143. The highest BCUT2D eigenvalue weighted by molar-refractivity contribution is 6.06. The molecule has 0 radical (unpaired) electrons. The second kappa shape index (κ2) is 5.31. The lowest BCUT2D eigenvalue weighted by Crippen LogP contribution is -1.95. The van der Waals surface area contributed by atoms with Gasteiger partial charge in [0.2, 0.25) is 0 Å². The van der Waals surface area contributed by atoms with Crippen LogP contribution in [0.5, 0.6) is 5.75 Å². The fourth-order valence-electron chi connectivity index (χ4n) is 1.56. The van der Waals surface area contributed by atoms with E-state index in [2.05, 4.69) is 5.10 Å². The molecule has 92 valence electrons. The maximum absolute atomic E-state index is 11.8.